The maximum absolute atomic E-state index is 13.3. The quantitative estimate of drug-likeness (QED) is 0.582. The number of aromatic amines is 1. The van der Waals surface area contributed by atoms with Gasteiger partial charge in [-0.05, 0) is 30.3 Å². The van der Waals surface area contributed by atoms with Crippen LogP contribution >= 0.6 is 11.6 Å². The summed E-state index contributed by atoms with van der Waals surface area (Å²) in [7, 11) is 0. The first-order valence-corrected chi connectivity index (χ1v) is 7.06. The van der Waals surface area contributed by atoms with Gasteiger partial charge in [0.15, 0.2) is 0 Å². The van der Waals surface area contributed by atoms with Gasteiger partial charge in [-0.25, -0.2) is 13.8 Å². The molecule has 0 fully saturated rings. The molecule has 2 heterocycles. The molecular weight excluding hydrogens is 323 g/mol. The maximum atomic E-state index is 13.3. The first-order valence-electron chi connectivity index (χ1n) is 6.68. The third-order valence-corrected chi connectivity index (χ3v) is 3.88. The van der Waals surface area contributed by atoms with E-state index in [2.05, 4.69) is 4.98 Å². The molecule has 0 unspecified atom stereocenters. The first kappa shape index (κ1) is 13.8. The van der Waals surface area contributed by atoms with Gasteiger partial charge >= 0.3 is 11.2 Å². The van der Waals surface area contributed by atoms with Gasteiger partial charge in [0.1, 0.15) is 16.9 Å². The van der Waals surface area contributed by atoms with Gasteiger partial charge in [0.2, 0.25) is 5.58 Å². The van der Waals surface area contributed by atoms with Gasteiger partial charge in [-0.2, -0.15) is 0 Å². The van der Waals surface area contributed by atoms with Crippen molar-refractivity contribution in [2.45, 2.75) is 0 Å². The van der Waals surface area contributed by atoms with Gasteiger partial charge in [-0.15, -0.1) is 0 Å². The molecule has 2 aromatic heterocycles. The summed E-state index contributed by atoms with van der Waals surface area (Å²) in [5.41, 5.74) is -0.291. The summed E-state index contributed by atoms with van der Waals surface area (Å²) >= 11 is 5.72. The number of halogens is 2. The monoisotopic (exact) mass is 330 g/mol. The maximum Gasteiger partial charge on any atom is 0.333 e. The zero-order chi connectivity index (χ0) is 16.1. The van der Waals surface area contributed by atoms with Gasteiger partial charge in [0.05, 0.1) is 10.7 Å². The van der Waals surface area contributed by atoms with Crippen molar-refractivity contribution in [1.29, 1.82) is 0 Å². The molecule has 2 aromatic carbocycles. The number of hydrogen-bond acceptors (Lipinski definition) is 3. The number of rotatable bonds is 1. The molecule has 0 atom stereocenters. The molecule has 0 spiro atoms. The van der Waals surface area contributed by atoms with Crippen LogP contribution in [-0.2, 0) is 0 Å². The smallest absolute Gasteiger partial charge is 0.333 e. The van der Waals surface area contributed by atoms with Crippen LogP contribution in [0.15, 0.2) is 56.5 Å². The van der Waals surface area contributed by atoms with Crippen molar-refractivity contribution >= 4 is 33.7 Å². The Kier molecular flexibility index (Phi) is 2.89. The van der Waals surface area contributed by atoms with Crippen molar-refractivity contribution in [3.63, 3.8) is 0 Å². The number of hydrogen-bond donors (Lipinski definition) is 1. The van der Waals surface area contributed by atoms with Crippen molar-refractivity contribution in [3.8, 4) is 5.69 Å². The van der Waals surface area contributed by atoms with Crippen LogP contribution in [0.2, 0.25) is 5.02 Å². The molecule has 0 saturated heterocycles. The number of furan rings is 1. The fourth-order valence-electron chi connectivity index (χ4n) is 2.54. The summed E-state index contributed by atoms with van der Waals surface area (Å²) in [4.78, 5) is 27.6. The van der Waals surface area contributed by atoms with Gasteiger partial charge < -0.3 is 9.40 Å². The molecule has 0 aliphatic carbocycles. The minimum atomic E-state index is -0.656. The van der Waals surface area contributed by atoms with Crippen LogP contribution in [0.4, 0.5) is 4.39 Å². The standard InChI is InChI=1S/C16H8ClFN2O3/c17-10-7-8(5-6-11(10)18)20-15(21)14-13(19-16(20)22)9-3-1-2-4-12(9)23-14/h1-7H,(H,19,22). The highest BCUT2D eigenvalue weighted by atomic mass is 35.5. The van der Waals surface area contributed by atoms with E-state index in [1.54, 1.807) is 24.3 Å². The fraction of sp³-hybridized carbons (Fsp3) is 0. The number of nitrogens with one attached hydrogen (secondary N) is 1. The summed E-state index contributed by atoms with van der Waals surface area (Å²) in [6.07, 6.45) is 0. The van der Waals surface area contributed by atoms with E-state index in [0.717, 1.165) is 10.6 Å². The molecule has 0 bridgehead atoms. The largest absolute Gasteiger partial charge is 0.449 e. The van der Waals surface area contributed by atoms with Crippen molar-refractivity contribution in [3.05, 3.63) is 74.1 Å². The Morgan fingerprint density at radius 3 is 2.70 bits per heavy atom. The lowest BCUT2D eigenvalue weighted by Crippen LogP contribution is -2.33. The van der Waals surface area contributed by atoms with Crippen LogP contribution in [0.25, 0.3) is 27.8 Å². The van der Waals surface area contributed by atoms with Gasteiger partial charge in [0.25, 0.3) is 0 Å². The summed E-state index contributed by atoms with van der Waals surface area (Å²) in [6, 6.07) is 10.6. The molecule has 4 aromatic rings. The van der Waals surface area contributed by atoms with Crippen molar-refractivity contribution < 1.29 is 8.81 Å². The van der Waals surface area contributed by atoms with Crippen LogP contribution in [0.3, 0.4) is 0 Å². The van der Waals surface area contributed by atoms with E-state index in [4.69, 9.17) is 16.0 Å². The zero-order valence-electron chi connectivity index (χ0n) is 11.5. The van der Waals surface area contributed by atoms with Gasteiger partial charge in [-0.3, -0.25) is 4.79 Å². The molecule has 5 nitrogen and oxygen atoms in total. The second-order valence-electron chi connectivity index (χ2n) is 4.97. The van der Waals surface area contributed by atoms with E-state index in [9.17, 15) is 14.0 Å². The Morgan fingerprint density at radius 1 is 1.13 bits per heavy atom. The Balaban J connectivity index is 2.12. The fourth-order valence-corrected chi connectivity index (χ4v) is 2.71. The van der Waals surface area contributed by atoms with E-state index in [1.165, 1.54) is 12.1 Å². The summed E-state index contributed by atoms with van der Waals surface area (Å²) < 4.78 is 19.7. The van der Waals surface area contributed by atoms with E-state index in [0.29, 0.717) is 16.5 Å². The Hall–Kier alpha value is -2.86. The molecule has 0 radical (unpaired) electrons. The van der Waals surface area contributed by atoms with E-state index < -0.39 is 17.1 Å². The van der Waals surface area contributed by atoms with Crippen LogP contribution in [0.1, 0.15) is 0 Å². The number of para-hydroxylation sites is 1. The highest BCUT2D eigenvalue weighted by Gasteiger charge is 2.16. The average Bonchev–Trinajstić information content (AvgIpc) is 2.90. The second kappa shape index (κ2) is 4.82. The SMILES string of the molecule is O=c1[nH]c2c(oc3ccccc32)c(=O)n1-c1ccc(F)c(Cl)c1. The Bertz CT molecular complexity index is 1190. The highest BCUT2D eigenvalue weighted by Crippen LogP contribution is 2.24. The predicted molar refractivity (Wildman–Crippen MR) is 84.9 cm³/mol. The predicted octanol–water partition coefficient (Wildman–Crippen LogP) is 3.22. The van der Waals surface area contributed by atoms with Crippen LogP contribution in [0, 0.1) is 5.82 Å². The average molecular weight is 331 g/mol. The first-order chi connectivity index (χ1) is 11.1. The van der Waals surface area contributed by atoms with Crippen molar-refractivity contribution in [2.75, 3.05) is 0 Å². The third-order valence-electron chi connectivity index (χ3n) is 3.59. The summed E-state index contributed by atoms with van der Waals surface area (Å²) in [5, 5.41) is 0.458. The van der Waals surface area contributed by atoms with Crippen LogP contribution in [-0.4, -0.2) is 9.55 Å². The number of nitrogens with zero attached hydrogens (tertiary/aromatic N) is 1. The van der Waals surface area contributed by atoms with E-state index in [-0.39, 0.29) is 16.3 Å². The highest BCUT2D eigenvalue weighted by molar-refractivity contribution is 6.30. The molecule has 0 aliphatic rings. The molecule has 114 valence electrons. The molecule has 0 saturated carbocycles. The normalized spacial score (nSPS) is 11.4. The van der Waals surface area contributed by atoms with Crippen LogP contribution < -0.4 is 11.2 Å². The second-order valence-corrected chi connectivity index (χ2v) is 5.38. The van der Waals surface area contributed by atoms with Gasteiger partial charge in [0, 0.05) is 5.39 Å². The molecule has 4 rings (SSSR count). The summed E-state index contributed by atoms with van der Waals surface area (Å²) in [5.74, 6) is -0.635. The zero-order valence-corrected chi connectivity index (χ0v) is 12.2. The minimum Gasteiger partial charge on any atom is -0.449 e. The Morgan fingerprint density at radius 2 is 1.91 bits per heavy atom. The molecule has 1 N–H and O–H groups in total. The lowest BCUT2D eigenvalue weighted by molar-refractivity contribution is 0.627. The number of H-pyrrole nitrogens is 1. The molecule has 7 heteroatoms. The number of aromatic nitrogens is 2. The van der Waals surface area contributed by atoms with E-state index in [1.807, 2.05) is 0 Å². The molecule has 0 amide bonds. The van der Waals surface area contributed by atoms with Crippen molar-refractivity contribution in [1.82, 2.24) is 9.55 Å². The molecular formula is C16H8ClFN2O3. The minimum absolute atomic E-state index is 0.0197. The summed E-state index contributed by atoms with van der Waals surface area (Å²) in [6.45, 7) is 0. The van der Waals surface area contributed by atoms with E-state index >= 15 is 0 Å². The van der Waals surface area contributed by atoms with Crippen LogP contribution in [0.5, 0.6) is 0 Å². The lowest BCUT2D eigenvalue weighted by atomic mass is 10.2. The van der Waals surface area contributed by atoms with Crippen molar-refractivity contribution in [2.24, 2.45) is 0 Å². The number of fused-ring (bicyclic) bond motifs is 3. The molecule has 23 heavy (non-hydrogen) atoms. The van der Waals surface area contributed by atoms with Gasteiger partial charge in [-0.1, -0.05) is 23.7 Å². The topological polar surface area (TPSA) is 68.0 Å². The third kappa shape index (κ3) is 1.99. The lowest BCUT2D eigenvalue weighted by Gasteiger charge is -2.05. The Labute approximate surface area is 132 Å². The number of benzene rings is 2. The molecule has 0 aliphatic heterocycles.